The molecule has 16 nitrogen and oxygen atoms in total. The number of aliphatic hydroxyl groups is 1. The molecule has 1 N–H and O–H groups in total. The zero-order valence-corrected chi connectivity index (χ0v) is 34.9. The third-order valence-corrected chi connectivity index (χ3v) is 13.0. The van der Waals surface area contributed by atoms with Crippen molar-refractivity contribution in [1.82, 2.24) is 14.8 Å². The van der Waals surface area contributed by atoms with E-state index in [1.807, 2.05) is 6.92 Å². The van der Waals surface area contributed by atoms with Gasteiger partial charge in [0.05, 0.1) is 48.6 Å². The van der Waals surface area contributed by atoms with Gasteiger partial charge in [-0.2, -0.15) is 0 Å². The molecule has 4 aliphatic rings. The van der Waals surface area contributed by atoms with Crippen LogP contribution in [-0.4, -0.2) is 113 Å². The van der Waals surface area contributed by atoms with Crippen LogP contribution < -0.4 is 19.1 Å². The predicted octanol–water partition coefficient (Wildman–Crippen LogP) is 6.32. The molecule has 2 aromatic carbocycles. The first-order chi connectivity index (χ1) is 28.8. The summed E-state index contributed by atoms with van der Waals surface area (Å²) in [7, 11) is 4.12. The fraction of sp³-hybridized carbons (Fsp3) is 0.405. The van der Waals surface area contributed by atoms with E-state index in [9.17, 15) is 34.4 Å². The number of benzene rings is 2. The Morgan fingerprint density at radius 3 is 2.37 bits per heavy atom. The Balaban J connectivity index is 0.949. The lowest BCUT2D eigenvalue weighted by Gasteiger charge is -2.31. The number of ether oxygens (including phenoxy) is 4. The smallest absolute Gasteiger partial charge is 0.416 e. The van der Waals surface area contributed by atoms with Crippen LogP contribution >= 0.6 is 21.6 Å². The lowest BCUT2D eigenvalue weighted by Crippen LogP contribution is -2.51. The summed E-state index contributed by atoms with van der Waals surface area (Å²) in [4.78, 5) is 72.6. The highest BCUT2D eigenvalue weighted by molar-refractivity contribution is 8.76. The number of aliphatic hydroxyl groups excluding tert-OH is 1. The Kier molecular flexibility index (Phi) is 13.0. The summed E-state index contributed by atoms with van der Waals surface area (Å²) in [5, 5.41) is 23.1. The van der Waals surface area contributed by atoms with Crippen LogP contribution in [0.4, 0.5) is 16.2 Å². The van der Waals surface area contributed by atoms with Gasteiger partial charge in [-0.05, 0) is 85.2 Å². The van der Waals surface area contributed by atoms with Crippen molar-refractivity contribution in [3.63, 3.8) is 0 Å². The van der Waals surface area contributed by atoms with Crippen LogP contribution in [0.5, 0.6) is 17.2 Å². The minimum Gasteiger partial charge on any atom is -0.493 e. The van der Waals surface area contributed by atoms with Gasteiger partial charge < -0.3 is 33.9 Å². The van der Waals surface area contributed by atoms with Gasteiger partial charge in [0.25, 0.3) is 17.5 Å². The first-order valence-corrected chi connectivity index (χ1v) is 21.8. The van der Waals surface area contributed by atoms with Crippen LogP contribution in [0.25, 0.3) is 0 Å². The second kappa shape index (κ2) is 18.4. The number of amides is 3. The second-order valence-electron chi connectivity index (χ2n) is 15.0. The molecular weight excluding hydrogens is 815 g/mol. The summed E-state index contributed by atoms with van der Waals surface area (Å²) in [6, 6.07) is 8.33. The molecule has 60 heavy (non-hydrogen) atoms. The van der Waals surface area contributed by atoms with Gasteiger partial charge in [0.1, 0.15) is 23.6 Å². The minimum absolute atomic E-state index is 0.0225. The molecule has 0 radical (unpaired) electrons. The molecule has 0 saturated carbocycles. The molecule has 3 atom stereocenters. The number of unbranched alkanes of at least 4 members (excludes halogenated alkanes) is 2. The van der Waals surface area contributed by atoms with Gasteiger partial charge >= 0.3 is 6.09 Å². The molecule has 2 fully saturated rings. The molecule has 2 saturated heterocycles. The number of aromatic nitrogens is 1. The highest BCUT2D eigenvalue weighted by Gasteiger charge is 2.46. The highest BCUT2D eigenvalue weighted by Crippen LogP contribution is 2.40. The molecule has 7 rings (SSSR count). The van der Waals surface area contributed by atoms with Gasteiger partial charge in [-0.1, -0.05) is 35.1 Å². The number of carbonyl (C=O) groups excluding carboxylic acids is 4. The number of Topliss-reactive ketones (excluding diaryl/α,β-unsaturated/α-hetero) is 1. The largest absolute Gasteiger partial charge is 0.493 e. The van der Waals surface area contributed by atoms with Gasteiger partial charge in [0, 0.05) is 43.0 Å². The Morgan fingerprint density at radius 1 is 0.933 bits per heavy atom. The summed E-state index contributed by atoms with van der Waals surface area (Å²) in [6.45, 7) is 11.1. The van der Waals surface area contributed by atoms with E-state index in [4.69, 9.17) is 18.9 Å². The Hall–Kier alpha value is -5.59. The molecule has 5 heterocycles. The number of hydrogen-bond acceptors (Lipinski definition) is 14. The van der Waals surface area contributed by atoms with Crippen molar-refractivity contribution < 1.29 is 48.2 Å². The lowest BCUT2D eigenvalue weighted by molar-refractivity contribution is -0.385. The van der Waals surface area contributed by atoms with E-state index in [0.29, 0.717) is 90.2 Å². The van der Waals surface area contributed by atoms with Crippen LogP contribution in [0, 0.1) is 17.0 Å². The maximum absolute atomic E-state index is 13.9. The number of pyridine rings is 1. The van der Waals surface area contributed by atoms with Gasteiger partial charge in [0.2, 0.25) is 0 Å². The summed E-state index contributed by atoms with van der Waals surface area (Å²) < 4.78 is 23.4. The van der Waals surface area contributed by atoms with Crippen molar-refractivity contribution in [3.05, 3.63) is 99.3 Å². The highest BCUT2D eigenvalue weighted by atomic mass is 33.1. The maximum atomic E-state index is 13.9. The number of hydrogen-bond donors (Lipinski definition) is 1. The summed E-state index contributed by atoms with van der Waals surface area (Å²) in [5.74, 6) is 1.10. The monoisotopic (exact) mass is 859 g/mol. The maximum Gasteiger partial charge on any atom is 0.416 e. The van der Waals surface area contributed by atoms with Crippen molar-refractivity contribution in [2.75, 3.05) is 50.7 Å². The normalized spacial score (nSPS) is 19.6. The molecule has 0 spiro atoms. The first kappa shape index (κ1) is 42.5. The number of fused-ring (bicyclic) bond motifs is 4. The molecule has 3 amide bonds. The molecule has 4 aliphatic heterocycles. The van der Waals surface area contributed by atoms with E-state index in [2.05, 4.69) is 18.1 Å². The van der Waals surface area contributed by atoms with E-state index in [-0.39, 0.29) is 54.1 Å². The molecule has 0 unspecified atom stereocenters. The molecule has 0 aliphatic carbocycles. The van der Waals surface area contributed by atoms with Gasteiger partial charge in [-0.3, -0.25) is 24.5 Å². The lowest BCUT2D eigenvalue weighted by atomic mass is 9.99. The molecule has 316 valence electrons. The number of rotatable bonds is 15. The minimum atomic E-state index is -1.42. The van der Waals surface area contributed by atoms with E-state index in [0.717, 1.165) is 22.5 Å². The Morgan fingerprint density at radius 2 is 1.65 bits per heavy atom. The molecule has 0 bridgehead atoms. The zero-order chi connectivity index (χ0) is 42.7. The standard InChI is InChI=1S/C42H45N5O11S2/c1-24-14-32-34(48)17-27-18-37(36(55-4)19-29(27)39(49)44(32)22-24)57-11-7-5-6-10-56-35-20-31-30(16-26(35)3)40(50)45-23-25(2)15-33(45)41(51)46(31)42(52)58-12-13-59-60-38-9-8-28(21-43-38)47(53)54/h8-9,16,18-21,32-33,41,51H,1-2,5-7,10-15,17,22-23H2,3-4H3/t32-,33-,41-/m0/s1. The Bertz CT molecular complexity index is 2240. The van der Waals surface area contributed by atoms with E-state index >= 15 is 0 Å². The number of methoxy groups -OCH3 is 1. The molecule has 3 aromatic rings. The second-order valence-corrected chi connectivity index (χ2v) is 17.4. The summed E-state index contributed by atoms with van der Waals surface area (Å²) >= 11 is 0. The van der Waals surface area contributed by atoms with Gasteiger partial charge in [-0.25, -0.2) is 14.7 Å². The number of aryl methyl sites for hydroxylation is 1. The fourth-order valence-electron chi connectivity index (χ4n) is 7.79. The van der Waals surface area contributed by atoms with Crippen LogP contribution in [0.1, 0.15) is 63.9 Å². The fourth-order valence-corrected chi connectivity index (χ4v) is 9.47. The van der Waals surface area contributed by atoms with Crippen LogP contribution in [0.2, 0.25) is 0 Å². The van der Waals surface area contributed by atoms with Crippen LogP contribution in [0.15, 0.2) is 71.9 Å². The van der Waals surface area contributed by atoms with Crippen molar-refractivity contribution in [2.24, 2.45) is 0 Å². The number of anilines is 1. The number of ketones is 1. The van der Waals surface area contributed by atoms with Crippen molar-refractivity contribution in [2.45, 2.75) is 68.8 Å². The van der Waals surface area contributed by atoms with Gasteiger partial charge in [-0.15, -0.1) is 0 Å². The van der Waals surface area contributed by atoms with Gasteiger partial charge in [0.15, 0.2) is 23.5 Å². The number of nitrogens with zero attached hydrogens (tertiary/aromatic N) is 5. The van der Waals surface area contributed by atoms with Crippen LogP contribution in [-0.2, 0) is 16.0 Å². The third kappa shape index (κ3) is 8.95. The van der Waals surface area contributed by atoms with E-state index in [1.165, 1.54) is 51.9 Å². The Labute approximate surface area is 354 Å². The topological polar surface area (TPSA) is 191 Å². The van der Waals surface area contributed by atoms with Crippen molar-refractivity contribution in [3.8, 4) is 17.2 Å². The van der Waals surface area contributed by atoms with Crippen molar-refractivity contribution >= 4 is 56.7 Å². The van der Waals surface area contributed by atoms with Crippen molar-refractivity contribution in [1.29, 1.82) is 0 Å². The number of carbonyl (C=O) groups is 4. The quantitative estimate of drug-likeness (QED) is 0.0587. The third-order valence-electron chi connectivity index (χ3n) is 10.8. The predicted molar refractivity (Wildman–Crippen MR) is 224 cm³/mol. The molecular formula is C42H45N5O11S2. The average Bonchev–Trinajstić information content (AvgIpc) is 3.79. The SMILES string of the molecule is C=C1C[C@H]2C(=O)Cc3cc(OCCCCCOc4cc5c(cc4C)C(=O)N4CC(=C)C[C@H]4[C@H](O)N5C(=O)OCCSSc4ccc([N+](=O)[O-])cn4)c(OC)cc3C(=O)N2C1. The number of nitro groups is 1. The molecule has 18 heteroatoms. The summed E-state index contributed by atoms with van der Waals surface area (Å²) in [5.41, 5.74) is 3.64. The van der Waals surface area contributed by atoms with E-state index in [1.54, 1.807) is 29.2 Å². The molecule has 1 aromatic heterocycles. The first-order valence-electron chi connectivity index (χ1n) is 19.5. The van der Waals surface area contributed by atoms with E-state index < -0.39 is 29.3 Å². The summed E-state index contributed by atoms with van der Waals surface area (Å²) in [6.07, 6.45) is 1.92. The van der Waals surface area contributed by atoms with Crippen LogP contribution in [0.3, 0.4) is 0 Å². The zero-order valence-electron chi connectivity index (χ0n) is 33.3. The average molecular weight is 860 g/mol.